The van der Waals surface area contributed by atoms with Crippen LogP contribution in [0.5, 0.6) is 5.75 Å². The van der Waals surface area contributed by atoms with Gasteiger partial charge in [0.25, 0.3) is 17.0 Å². The lowest BCUT2D eigenvalue weighted by Crippen LogP contribution is -2.45. The number of fused-ring (bicyclic) bond motifs is 1. The van der Waals surface area contributed by atoms with E-state index in [0.29, 0.717) is 53.3 Å². The molecule has 15 heteroatoms. The van der Waals surface area contributed by atoms with Gasteiger partial charge in [0.2, 0.25) is 5.91 Å². The minimum absolute atomic E-state index is 0.153. The summed E-state index contributed by atoms with van der Waals surface area (Å²) in [5, 5.41) is 21.4. The van der Waals surface area contributed by atoms with Crippen molar-refractivity contribution in [2.24, 2.45) is 0 Å². The number of anilines is 1. The average Bonchev–Trinajstić information content (AvgIpc) is 3.21. The van der Waals surface area contributed by atoms with Crippen LogP contribution in [0.2, 0.25) is 0 Å². The molecule has 6 aromatic rings. The van der Waals surface area contributed by atoms with Gasteiger partial charge in [0, 0.05) is 47.8 Å². The van der Waals surface area contributed by atoms with Crippen LogP contribution in [0.4, 0.5) is 5.69 Å². The molecule has 3 aromatic carbocycles. The van der Waals surface area contributed by atoms with E-state index in [-0.39, 0.29) is 49.1 Å². The molecule has 1 N–H and O–H groups in total. The summed E-state index contributed by atoms with van der Waals surface area (Å²) in [6.07, 6.45) is 4.92. The van der Waals surface area contributed by atoms with E-state index in [9.17, 15) is 24.4 Å². The SMILES string of the molecule is N#Cc1cccc(-c2ccc(=O)n(Cc3cccc(-c4ncc(OC[C@H]5CN(c6ccc7c(=O)n(C8CCC(=O)NC8=O)ncc7c6)CCO5)cn4)c3)n2)c1. The van der Waals surface area contributed by atoms with Crippen molar-refractivity contribution in [1.82, 2.24) is 34.8 Å². The van der Waals surface area contributed by atoms with Crippen LogP contribution < -0.4 is 26.1 Å². The highest BCUT2D eigenvalue weighted by Gasteiger charge is 2.30. The minimum atomic E-state index is -0.824. The molecule has 2 aliphatic heterocycles. The lowest BCUT2D eigenvalue weighted by Gasteiger charge is -2.34. The molecule has 2 atom stereocenters. The second-order valence-corrected chi connectivity index (χ2v) is 13.2. The number of nitrogens with zero attached hydrogens (tertiary/aromatic N) is 8. The summed E-state index contributed by atoms with van der Waals surface area (Å²) in [7, 11) is 0. The third-order valence-electron chi connectivity index (χ3n) is 9.54. The molecular weight excluding hydrogens is 702 g/mol. The van der Waals surface area contributed by atoms with Crippen molar-refractivity contribution in [3.63, 3.8) is 0 Å². The molecule has 0 spiro atoms. The van der Waals surface area contributed by atoms with E-state index < -0.39 is 11.9 Å². The standard InChI is InChI=1S/C40H33N9O6/c41-18-25-3-1-5-27(15-25)34-9-12-37(51)48(46-34)22-26-4-2-6-28(16-26)38-42-20-31(21-43-38)55-24-32-23-47(13-14-54-32)30-7-8-33-29(17-30)19-44-49(40(33)53)35-10-11-36(50)45-39(35)52/h1-9,12,15-17,19-21,32,35H,10-11,13-14,22-24H2,(H,45,50,52)/t32-,35?/m1/s1. The smallest absolute Gasteiger partial charge is 0.275 e. The summed E-state index contributed by atoms with van der Waals surface area (Å²) in [5.74, 6) is 0.100. The monoisotopic (exact) mass is 735 g/mol. The van der Waals surface area contributed by atoms with Gasteiger partial charge in [-0.15, -0.1) is 0 Å². The maximum absolute atomic E-state index is 13.2. The molecule has 0 bridgehead atoms. The van der Waals surface area contributed by atoms with Crippen molar-refractivity contribution in [3.8, 4) is 34.5 Å². The average molecular weight is 736 g/mol. The zero-order valence-electron chi connectivity index (χ0n) is 29.4. The Morgan fingerprint density at radius 3 is 2.60 bits per heavy atom. The second-order valence-electron chi connectivity index (χ2n) is 13.2. The largest absolute Gasteiger partial charge is 0.488 e. The lowest BCUT2D eigenvalue weighted by atomic mass is 10.1. The van der Waals surface area contributed by atoms with Gasteiger partial charge in [-0.1, -0.05) is 30.3 Å². The zero-order valence-corrected chi connectivity index (χ0v) is 29.4. The van der Waals surface area contributed by atoms with E-state index >= 15 is 0 Å². The molecule has 1 unspecified atom stereocenters. The molecule has 2 amide bonds. The highest BCUT2D eigenvalue weighted by atomic mass is 16.5. The highest BCUT2D eigenvalue weighted by molar-refractivity contribution is 5.99. The Hall–Kier alpha value is -7.05. The van der Waals surface area contributed by atoms with Crippen LogP contribution in [0, 0.1) is 11.3 Å². The van der Waals surface area contributed by atoms with E-state index in [1.165, 1.54) is 10.7 Å². The first-order valence-electron chi connectivity index (χ1n) is 17.7. The van der Waals surface area contributed by atoms with Crippen molar-refractivity contribution in [1.29, 1.82) is 5.26 Å². The quantitative estimate of drug-likeness (QED) is 0.214. The number of rotatable bonds is 9. The Bertz CT molecular complexity index is 2600. The molecule has 55 heavy (non-hydrogen) atoms. The van der Waals surface area contributed by atoms with Gasteiger partial charge in [-0.2, -0.15) is 15.5 Å². The molecule has 2 aliphatic rings. The molecule has 0 saturated carbocycles. The zero-order chi connectivity index (χ0) is 37.9. The van der Waals surface area contributed by atoms with Gasteiger partial charge in [0.1, 0.15) is 18.8 Å². The molecule has 2 fully saturated rings. The summed E-state index contributed by atoms with van der Waals surface area (Å²) in [6.45, 7) is 2.17. The third-order valence-corrected chi connectivity index (χ3v) is 9.54. The van der Waals surface area contributed by atoms with E-state index in [1.54, 1.807) is 48.9 Å². The summed E-state index contributed by atoms with van der Waals surface area (Å²) >= 11 is 0. The fourth-order valence-electron chi connectivity index (χ4n) is 6.72. The Kier molecular flexibility index (Phi) is 9.63. The normalized spacial score (nSPS) is 17.1. The van der Waals surface area contributed by atoms with Gasteiger partial charge in [-0.25, -0.2) is 19.3 Å². The molecule has 0 aliphatic carbocycles. The number of nitriles is 1. The third kappa shape index (κ3) is 7.57. The number of hydrogen-bond donors (Lipinski definition) is 1. The Morgan fingerprint density at radius 1 is 0.927 bits per heavy atom. The van der Waals surface area contributed by atoms with Crippen molar-refractivity contribution < 1.29 is 19.1 Å². The van der Waals surface area contributed by atoms with Crippen molar-refractivity contribution in [2.45, 2.75) is 31.5 Å². The second kappa shape index (κ2) is 15.1. The number of hydrogen-bond acceptors (Lipinski definition) is 12. The van der Waals surface area contributed by atoms with E-state index in [1.807, 2.05) is 42.5 Å². The topological polar surface area (TPSA) is 187 Å². The summed E-state index contributed by atoms with van der Waals surface area (Å²) in [5.41, 5.74) is 3.71. The van der Waals surface area contributed by atoms with Gasteiger partial charge < -0.3 is 14.4 Å². The number of piperidine rings is 1. The van der Waals surface area contributed by atoms with Crippen LogP contribution in [0.3, 0.4) is 0 Å². The van der Waals surface area contributed by atoms with Gasteiger partial charge in [-0.3, -0.25) is 24.5 Å². The molecule has 5 heterocycles. The van der Waals surface area contributed by atoms with Crippen LogP contribution in [-0.4, -0.2) is 73.8 Å². The number of ether oxygens (including phenoxy) is 2. The van der Waals surface area contributed by atoms with Gasteiger partial charge >= 0.3 is 0 Å². The molecule has 2 saturated heterocycles. The number of carbonyl (C=O) groups excluding carboxylic acids is 2. The first-order chi connectivity index (χ1) is 26.8. The molecule has 3 aromatic heterocycles. The van der Waals surface area contributed by atoms with E-state index in [0.717, 1.165) is 27.1 Å². The fourth-order valence-corrected chi connectivity index (χ4v) is 6.72. The maximum Gasteiger partial charge on any atom is 0.275 e. The Balaban J connectivity index is 0.893. The maximum atomic E-state index is 13.2. The molecule has 15 nitrogen and oxygen atoms in total. The fraction of sp³-hybridized carbons (Fsp3) is 0.225. The number of morpholine rings is 1. The van der Waals surface area contributed by atoms with Crippen LogP contribution in [0.15, 0.2) is 107 Å². The number of carbonyl (C=O) groups is 2. The van der Waals surface area contributed by atoms with E-state index in [2.05, 4.69) is 36.5 Å². The summed E-state index contributed by atoms with van der Waals surface area (Å²) in [4.78, 5) is 61.0. The first-order valence-corrected chi connectivity index (χ1v) is 17.7. The summed E-state index contributed by atoms with van der Waals surface area (Å²) in [6, 6.07) is 24.6. The minimum Gasteiger partial charge on any atom is -0.488 e. The van der Waals surface area contributed by atoms with Crippen LogP contribution in [0.25, 0.3) is 33.4 Å². The first kappa shape index (κ1) is 35.0. The van der Waals surface area contributed by atoms with Gasteiger partial charge in [0.05, 0.1) is 54.5 Å². The number of benzene rings is 3. The van der Waals surface area contributed by atoms with Crippen LogP contribution in [0.1, 0.15) is 30.0 Å². The van der Waals surface area contributed by atoms with Crippen molar-refractivity contribution in [3.05, 3.63) is 129 Å². The lowest BCUT2D eigenvalue weighted by molar-refractivity contribution is -0.136. The predicted molar refractivity (Wildman–Crippen MR) is 200 cm³/mol. The van der Waals surface area contributed by atoms with Crippen molar-refractivity contribution in [2.75, 3.05) is 31.2 Å². The molecule has 274 valence electrons. The van der Waals surface area contributed by atoms with E-state index in [4.69, 9.17) is 9.47 Å². The number of amides is 2. The van der Waals surface area contributed by atoms with Crippen molar-refractivity contribution >= 4 is 28.3 Å². The molecule has 0 radical (unpaired) electrons. The Labute approximate surface area is 313 Å². The molecule has 8 rings (SSSR count). The predicted octanol–water partition coefficient (Wildman–Crippen LogP) is 3.26. The van der Waals surface area contributed by atoms with Crippen LogP contribution in [-0.2, 0) is 20.9 Å². The van der Waals surface area contributed by atoms with Gasteiger partial charge in [-0.05, 0) is 54.4 Å². The number of imide groups is 1. The molecular formula is C40H33N9O6. The Morgan fingerprint density at radius 2 is 1.76 bits per heavy atom. The van der Waals surface area contributed by atoms with Crippen LogP contribution >= 0.6 is 0 Å². The number of nitrogens with one attached hydrogen (secondary N) is 1. The van der Waals surface area contributed by atoms with Gasteiger partial charge in [0.15, 0.2) is 11.6 Å². The number of aromatic nitrogens is 6. The highest BCUT2D eigenvalue weighted by Crippen LogP contribution is 2.25. The summed E-state index contributed by atoms with van der Waals surface area (Å²) < 4.78 is 14.6.